The summed E-state index contributed by atoms with van der Waals surface area (Å²) in [4.78, 5) is 11.8. The second-order valence-corrected chi connectivity index (χ2v) is 4.60. The third-order valence-corrected chi connectivity index (χ3v) is 2.91. The first-order valence-electron chi connectivity index (χ1n) is 5.30. The van der Waals surface area contributed by atoms with Gasteiger partial charge in [0.1, 0.15) is 0 Å². The molecule has 4 heteroatoms. The molecule has 1 aromatic carbocycles. The van der Waals surface area contributed by atoms with E-state index in [0.717, 1.165) is 12.8 Å². The Hall–Kier alpha value is -1.03. The second-order valence-electron chi connectivity index (χ2n) is 3.74. The molecule has 0 aromatic heterocycles. The van der Waals surface area contributed by atoms with Gasteiger partial charge in [-0.1, -0.05) is 13.3 Å². The monoisotopic (exact) mass is 285 g/mol. The van der Waals surface area contributed by atoms with E-state index in [0.29, 0.717) is 15.7 Å². The topological polar surface area (TPSA) is 52.3 Å². The lowest BCUT2D eigenvalue weighted by atomic mass is 10.2. The fraction of sp³-hybridized carbons (Fsp3) is 0.417. The largest absolute Gasteiger partial charge is 0.459 e. The molecule has 0 spiro atoms. The van der Waals surface area contributed by atoms with Gasteiger partial charge in [-0.25, -0.2) is 4.79 Å². The molecule has 0 bridgehead atoms. The Labute approximate surface area is 104 Å². The minimum Gasteiger partial charge on any atom is -0.459 e. The van der Waals surface area contributed by atoms with Gasteiger partial charge in [0.05, 0.1) is 11.7 Å². The van der Waals surface area contributed by atoms with E-state index >= 15 is 0 Å². The summed E-state index contributed by atoms with van der Waals surface area (Å²) < 4.78 is 5.99. The van der Waals surface area contributed by atoms with Crippen LogP contribution in [0.2, 0.25) is 0 Å². The number of carbonyl (C=O) groups is 1. The summed E-state index contributed by atoms with van der Waals surface area (Å²) in [5.41, 5.74) is 6.66. The zero-order valence-electron chi connectivity index (χ0n) is 9.50. The van der Waals surface area contributed by atoms with Gasteiger partial charge in [0, 0.05) is 10.2 Å². The van der Waals surface area contributed by atoms with Crippen LogP contribution in [0.5, 0.6) is 0 Å². The summed E-state index contributed by atoms with van der Waals surface area (Å²) in [5.74, 6) is -0.333. The van der Waals surface area contributed by atoms with Crippen molar-refractivity contribution in [3.8, 4) is 0 Å². The molecule has 3 nitrogen and oxygen atoms in total. The van der Waals surface area contributed by atoms with Gasteiger partial charge in [-0.3, -0.25) is 0 Å². The minimum atomic E-state index is -0.333. The van der Waals surface area contributed by atoms with E-state index in [2.05, 4.69) is 22.9 Å². The van der Waals surface area contributed by atoms with Crippen LogP contribution in [0.1, 0.15) is 37.0 Å². The zero-order valence-corrected chi connectivity index (χ0v) is 11.1. The highest BCUT2D eigenvalue weighted by Gasteiger charge is 2.14. The van der Waals surface area contributed by atoms with E-state index < -0.39 is 0 Å². The SMILES string of the molecule is CCCC(C)OC(=O)c1cc(N)ccc1Br. The fourth-order valence-corrected chi connectivity index (χ4v) is 1.82. The molecule has 16 heavy (non-hydrogen) atoms. The summed E-state index contributed by atoms with van der Waals surface area (Å²) >= 11 is 3.30. The molecule has 0 aliphatic carbocycles. The molecular formula is C12H16BrNO2. The highest BCUT2D eigenvalue weighted by molar-refractivity contribution is 9.10. The Balaban J connectivity index is 2.76. The third-order valence-electron chi connectivity index (χ3n) is 2.21. The summed E-state index contributed by atoms with van der Waals surface area (Å²) in [5, 5.41) is 0. The van der Waals surface area contributed by atoms with Crippen molar-refractivity contribution < 1.29 is 9.53 Å². The quantitative estimate of drug-likeness (QED) is 0.682. The van der Waals surface area contributed by atoms with Crippen molar-refractivity contribution in [2.24, 2.45) is 0 Å². The first-order chi connectivity index (χ1) is 7.54. The molecule has 1 rings (SSSR count). The van der Waals surface area contributed by atoms with E-state index in [9.17, 15) is 4.79 Å². The molecule has 0 amide bonds. The van der Waals surface area contributed by atoms with Crippen LogP contribution in [0.25, 0.3) is 0 Å². The number of benzene rings is 1. The molecule has 0 aliphatic rings. The molecule has 0 saturated heterocycles. The lowest BCUT2D eigenvalue weighted by Gasteiger charge is -2.13. The fourth-order valence-electron chi connectivity index (χ4n) is 1.41. The van der Waals surface area contributed by atoms with Crippen LogP contribution < -0.4 is 5.73 Å². The number of esters is 1. The van der Waals surface area contributed by atoms with Gasteiger partial charge < -0.3 is 10.5 Å². The molecule has 1 unspecified atom stereocenters. The molecule has 0 fully saturated rings. The second kappa shape index (κ2) is 5.89. The van der Waals surface area contributed by atoms with Crippen molar-refractivity contribution in [1.82, 2.24) is 0 Å². The lowest BCUT2D eigenvalue weighted by molar-refractivity contribution is 0.0322. The van der Waals surface area contributed by atoms with Crippen molar-refractivity contribution in [3.05, 3.63) is 28.2 Å². The molecule has 2 N–H and O–H groups in total. The first kappa shape index (κ1) is 13.0. The highest BCUT2D eigenvalue weighted by atomic mass is 79.9. The van der Waals surface area contributed by atoms with Crippen molar-refractivity contribution in [2.75, 3.05) is 5.73 Å². The number of nitrogen functional groups attached to an aromatic ring is 1. The zero-order chi connectivity index (χ0) is 12.1. The van der Waals surface area contributed by atoms with Crippen LogP contribution in [0.4, 0.5) is 5.69 Å². The summed E-state index contributed by atoms with van der Waals surface area (Å²) in [6, 6.07) is 5.10. The molecule has 0 heterocycles. The predicted octanol–water partition coefficient (Wildman–Crippen LogP) is 3.38. The number of ether oxygens (including phenoxy) is 1. The van der Waals surface area contributed by atoms with Crippen molar-refractivity contribution in [3.63, 3.8) is 0 Å². The minimum absolute atomic E-state index is 0.0640. The summed E-state index contributed by atoms with van der Waals surface area (Å²) in [6.45, 7) is 3.95. The van der Waals surface area contributed by atoms with Gasteiger partial charge in [-0.05, 0) is 47.5 Å². The van der Waals surface area contributed by atoms with Crippen LogP contribution in [0, 0.1) is 0 Å². The average Bonchev–Trinajstić information content (AvgIpc) is 2.21. The maximum Gasteiger partial charge on any atom is 0.339 e. The lowest BCUT2D eigenvalue weighted by Crippen LogP contribution is -2.15. The van der Waals surface area contributed by atoms with Gasteiger partial charge >= 0.3 is 5.97 Å². The number of carbonyl (C=O) groups excluding carboxylic acids is 1. The Bertz CT molecular complexity index is 379. The number of rotatable bonds is 4. The molecular weight excluding hydrogens is 270 g/mol. The Morgan fingerprint density at radius 1 is 1.56 bits per heavy atom. The molecule has 88 valence electrons. The molecule has 1 aromatic rings. The Morgan fingerprint density at radius 3 is 2.88 bits per heavy atom. The van der Waals surface area contributed by atoms with E-state index in [1.807, 2.05) is 6.92 Å². The number of halogens is 1. The number of anilines is 1. The average molecular weight is 286 g/mol. The van der Waals surface area contributed by atoms with Crippen molar-refractivity contribution >= 4 is 27.6 Å². The molecule has 1 atom stereocenters. The van der Waals surface area contributed by atoms with Crippen LogP contribution >= 0.6 is 15.9 Å². The standard InChI is InChI=1S/C12H16BrNO2/c1-3-4-8(2)16-12(15)10-7-9(14)5-6-11(10)13/h5-8H,3-4,14H2,1-2H3. The molecule has 0 aliphatic heterocycles. The van der Waals surface area contributed by atoms with Crippen LogP contribution in [0.15, 0.2) is 22.7 Å². The number of hydrogen-bond acceptors (Lipinski definition) is 3. The van der Waals surface area contributed by atoms with Crippen LogP contribution in [-0.2, 0) is 4.74 Å². The van der Waals surface area contributed by atoms with Gasteiger partial charge in [0.25, 0.3) is 0 Å². The predicted molar refractivity (Wildman–Crippen MR) is 68.3 cm³/mol. The summed E-state index contributed by atoms with van der Waals surface area (Å²) in [7, 11) is 0. The van der Waals surface area contributed by atoms with Gasteiger partial charge in [0.15, 0.2) is 0 Å². The Morgan fingerprint density at radius 2 is 2.25 bits per heavy atom. The Kier molecular flexibility index (Phi) is 4.80. The van der Waals surface area contributed by atoms with E-state index in [4.69, 9.17) is 10.5 Å². The van der Waals surface area contributed by atoms with Crippen molar-refractivity contribution in [2.45, 2.75) is 32.8 Å². The van der Waals surface area contributed by atoms with Crippen LogP contribution in [0.3, 0.4) is 0 Å². The maximum atomic E-state index is 11.8. The molecule has 0 saturated carbocycles. The molecule has 0 radical (unpaired) electrons. The van der Waals surface area contributed by atoms with Gasteiger partial charge in [-0.2, -0.15) is 0 Å². The smallest absolute Gasteiger partial charge is 0.339 e. The summed E-state index contributed by atoms with van der Waals surface area (Å²) in [6.07, 6.45) is 1.80. The van der Waals surface area contributed by atoms with Gasteiger partial charge in [-0.15, -0.1) is 0 Å². The van der Waals surface area contributed by atoms with E-state index in [-0.39, 0.29) is 12.1 Å². The highest BCUT2D eigenvalue weighted by Crippen LogP contribution is 2.21. The third kappa shape index (κ3) is 3.52. The normalized spacial score (nSPS) is 12.2. The van der Waals surface area contributed by atoms with E-state index in [1.54, 1.807) is 18.2 Å². The van der Waals surface area contributed by atoms with Crippen LogP contribution in [-0.4, -0.2) is 12.1 Å². The van der Waals surface area contributed by atoms with E-state index in [1.165, 1.54) is 0 Å². The van der Waals surface area contributed by atoms with Crippen molar-refractivity contribution in [1.29, 1.82) is 0 Å². The number of hydrogen-bond donors (Lipinski definition) is 1. The number of nitrogens with two attached hydrogens (primary N) is 1. The first-order valence-corrected chi connectivity index (χ1v) is 6.10. The van der Waals surface area contributed by atoms with Gasteiger partial charge in [0.2, 0.25) is 0 Å². The maximum absolute atomic E-state index is 11.8.